The number of allylic oxidation sites excluding steroid dienone is 1. The Labute approximate surface area is 268 Å². The molecule has 0 radical (unpaired) electrons. The summed E-state index contributed by atoms with van der Waals surface area (Å²) in [6.07, 6.45) is 6.49. The first-order valence-electron chi connectivity index (χ1n) is 15.5. The molecule has 0 bridgehead atoms. The van der Waals surface area contributed by atoms with Crippen LogP contribution in [0.1, 0.15) is 28.8 Å². The minimum absolute atomic E-state index is 0.0515. The third-order valence-electron chi connectivity index (χ3n) is 8.17. The summed E-state index contributed by atoms with van der Waals surface area (Å²) in [4.78, 5) is 44.6. The van der Waals surface area contributed by atoms with Gasteiger partial charge < -0.3 is 36.0 Å². The number of amides is 4. The summed E-state index contributed by atoms with van der Waals surface area (Å²) < 4.78 is 1.76. The quantitative estimate of drug-likeness (QED) is 0.143. The minimum Gasteiger partial charge on any atom is -0.508 e. The first-order chi connectivity index (χ1) is 22.4. The fraction of sp³-hybridized carbons (Fsp3) is 0.353. The number of fused-ring (bicyclic) bond motifs is 1. The van der Waals surface area contributed by atoms with Gasteiger partial charge in [-0.3, -0.25) is 14.3 Å². The number of hydrogen-bond donors (Lipinski definition) is 5. The maximum atomic E-state index is 14.3. The van der Waals surface area contributed by atoms with Gasteiger partial charge >= 0.3 is 6.03 Å². The smallest absolute Gasteiger partial charge is 0.316 e. The molecule has 0 unspecified atom stereocenters. The number of hydrogen-bond acceptors (Lipinski definition) is 7. The number of urea groups is 1. The van der Waals surface area contributed by atoms with Crippen LogP contribution in [-0.4, -0.2) is 92.6 Å². The van der Waals surface area contributed by atoms with Crippen LogP contribution >= 0.6 is 0 Å². The summed E-state index contributed by atoms with van der Waals surface area (Å²) in [7, 11) is 0. The van der Waals surface area contributed by atoms with E-state index in [1.807, 2.05) is 36.5 Å². The normalized spacial score (nSPS) is 17.7. The number of aromatic hydroxyl groups is 1. The number of benzene rings is 2. The molecule has 3 aromatic rings. The van der Waals surface area contributed by atoms with Gasteiger partial charge in [-0.25, -0.2) is 4.79 Å². The lowest BCUT2D eigenvalue weighted by atomic mass is 9.95. The van der Waals surface area contributed by atoms with E-state index in [0.717, 1.165) is 40.8 Å². The Kier molecular flexibility index (Phi) is 10.8. The van der Waals surface area contributed by atoms with Gasteiger partial charge in [-0.1, -0.05) is 54.6 Å². The second-order valence-electron chi connectivity index (χ2n) is 11.4. The summed E-state index contributed by atoms with van der Waals surface area (Å²) in [6.45, 7) is 4.91. The number of aromatic nitrogens is 2. The number of rotatable bonds is 13. The van der Waals surface area contributed by atoms with Crippen molar-refractivity contribution in [3.63, 3.8) is 0 Å². The van der Waals surface area contributed by atoms with Gasteiger partial charge in [-0.15, -0.1) is 6.58 Å². The lowest BCUT2D eigenvalue weighted by Crippen LogP contribution is -2.70. The van der Waals surface area contributed by atoms with Crippen LogP contribution in [0.25, 0.3) is 5.57 Å². The van der Waals surface area contributed by atoms with E-state index in [2.05, 4.69) is 33.7 Å². The largest absolute Gasteiger partial charge is 0.508 e. The van der Waals surface area contributed by atoms with Crippen molar-refractivity contribution in [2.45, 2.75) is 44.6 Å². The Morgan fingerprint density at radius 3 is 2.61 bits per heavy atom. The fourth-order valence-electron chi connectivity index (χ4n) is 6.02. The summed E-state index contributed by atoms with van der Waals surface area (Å²) in [5, 5.41) is 32.8. The molecular weight excluding hydrogens is 586 g/mol. The standard InChI is InChI=1S/C34H41N7O5/c1-2-15-35-21-31(44)41-29(18-24-11-13-28(43)14-12-24)33(45)39(22-27-10-6-9-26-20-37-40(16-17-42)32(26)27)23-30(41)38-34(46)36-19-25-7-4-3-5-8-25/h2-5,7-8,10-14,20,29-30,35,42-43H,1,6,9,15-19,21-23H2,(H2,36,38,46)/t29-,30+/m0/s1. The Morgan fingerprint density at radius 2 is 1.87 bits per heavy atom. The second kappa shape index (κ2) is 15.4. The van der Waals surface area contributed by atoms with Crippen molar-refractivity contribution in [1.82, 2.24) is 35.5 Å². The van der Waals surface area contributed by atoms with Crippen LogP contribution in [0.15, 0.2) is 79.5 Å². The van der Waals surface area contributed by atoms with Gasteiger partial charge in [-0.05, 0) is 47.2 Å². The zero-order chi connectivity index (χ0) is 32.5. The zero-order valence-corrected chi connectivity index (χ0v) is 25.8. The van der Waals surface area contributed by atoms with Crippen LogP contribution in [-0.2, 0) is 35.5 Å². The van der Waals surface area contributed by atoms with Crippen LogP contribution < -0.4 is 16.0 Å². The SMILES string of the molecule is C=CCNCC(=O)N1[C@@H](NC(=O)NCc2ccccc2)CN(CC2=CCCc3cnn(CCO)c32)C(=O)[C@@H]1Cc1ccc(O)cc1. The lowest BCUT2D eigenvalue weighted by molar-refractivity contribution is -0.155. The predicted octanol–water partition coefficient (Wildman–Crippen LogP) is 1.79. The molecule has 1 fully saturated rings. The molecule has 2 atom stereocenters. The molecule has 0 saturated carbocycles. The van der Waals surface area contributed by atoms with Crippen LogP contribution in [0.2, 0.25) is 0 Å². The van der Waals surface area contributed by atoms with E-state index in [1.165, 1.54) is 4.90 Å². The minimum atomic E-state index is -0.929. The first-order valence-corrected chi connectivity index (χ1v) is 15.5. The van der Waals surface area contributed by atoms with Gasteiger partial charge in [0.2, 0.25) is 11.8 Å². The van der Waals surface area contributed by atoms with Crippen LogP contribution in [0.4, 0.5) is 4.79 Å². The van der Waals surface area contributed by atoms with Crippen molar-refractivity contribution in [2.24, 2.45) is 0 Å². The van der Waals surface area contributed by atoms with Gasteiger partial charge in [0.1, 0.15) is 18.0 Å². The molecule has 12 heteroatoms. The number of phenols is 1. The highest BCUT2D eigenvalue weighted by Gasteiger charge is 2.44. The molecule has 1 aromatic heterocycles. The Hall–Kier alpha value is -4.94. The van der Waals surface area contributed by atoms with Gasteiger partial charge in [0.15, 0.2) is 0 Å². The van der Waals surface area contributed by atoms with E-state index in [4.69, 9.17) is 0 Å². The molecule has 2 heterocycles. The van der Waals surface area contributed by atoms with Crippen molar-refractivity contribution in [1.29, 1.82) is 0 Å². The van der Waals surface area contributed by atoms with Crippen molar-refractivity contribution in [2.75, 3.05) is 32.8 Å². The maximum Gasteiger partial charge on any atom is 0.316 e. The summed E-state index contributed by atoms with van der Waals surface area (Å²) in [6, 6.07) is 14.6. The topological polar surface area (TPSA) is 152 Å². The molecule has 242 valence electrons. The molecule has 1 aliphatic carbocycles. The van der Waals surface area contributed by atoms with E-state index >= 15 is 0 Å². The number of aryl methyl sites for hydroxylation is 1. The van der Waals surface area contributed by atoms with E-state index in [-0.39, 0.29) is 50.2 Å². The molecule has 5 N–H and O–H groups in total. The summed E-state index contributed by atoms with van der Waals surface area (Å²) >= 11 is 0. The van der Waals surface area contributed by atoms with Crippen LogP contribution in [0.3, 0.4) is 0 Å². The van der Waals surface area contributed by atoms with Crippen molar-refractivity contribution in [3.8, 4) is 5.75 Å². The van der Waals surface area contributed by atoms with E-state index < -0.39 is 18.2 Å². The summed E-state index contributed by atoms with van der Waals surface area (Å²) in [5.41, 5.74) is 4.52. The molecule has 1 saturated heterocycles. The number of aliphatic hydroxyl groups is 1. The third-order valence-corrected chi connectivity index (χ3v) is 8.17. The van der Waals surface area contributed by atoms with Crippen molar-refractivity contribution >= 4 is 23.4 Å². The number of phenolic OH excluding ortho intramolecular Hbond substituents is 1. The molecule has 0 spiro atoms. The molecule has 12 nitrogen and oxygen atoms in total. The molecule has 1 aliphatic heterocycles. The van der Waals surface area contributed by atoms with Crippen molar-refractivity contribution < 1.29 is 24.6 Å². The van der Waals surface area contributed by atoms with E-state index in [1.54, 1.807) is 39.9 Å². The molecule has 2 aromatic carbocycles. The highest BCUT2D eigenvalue weighted by atomic mass is 16.3. The van der Waals surface area contributed by atoms with Gasteiger partial charge in [0.05, 0.1) is 38.1 Å². The van der Waals surface area contributed by atoms with Gasteiger partial charge in [0, 0.05) is 26.1 Å². The van der Waals surface area contributed by atoms with Gasteiger partial charge in [-0.2, -0.15) is 5.10 Å². The predicted molar refractivity (Wildman–Crippen MR) is 173 cm³/mol. The number of nitrogens with one attached hydrogen (secondary N) is 3. The van der Waals surface area contributed by atoms with E-state index in [0.29, 0.717) is 19.6 Å². The highest BCUT2D eigenvalue weighted by Crippen LogP contribution is 2.29. The highest BCUT2D eigenvalue weighted by molar-refractivity contribution is 5.91. The van der Waals surface area contributed by atoms with Gasteiger partial charge in [0.25, 0.3) is 0 Å². The lowest BCUT2D eigenvalue weighted by Gasteiger charge is -2.46. The Bertz CT molecular complexity index is 1550. The first kappa shape index (κ1) is 32.5. The summed E-state index contributed by atoms with van der Waals surface area (Å²) in [5.74, 6) is -0.502. The molecule has 5 rings (SSSR count). The fourth-order valence-corrected chi connectivity index (χ4v) is 6.02. The molecule has 46 heavy (non-hydrogen) atoms. The molecule has 4 amide bonds. The number of piperazine rings is 1. The third kappa shape index (κ3) is 7.82. The molecule has 2 aliphatic rings. The average Bonchev–Trinajstić information content (AvgIpc) is 3.47. The Balaban J connectivity index is 1.45. The zero-order valence-electron chi connectivity index (χ0n) is 25.8. The number of carbonyl (C=O) groups is 3. The second-order valence-corrected chi connectivity index (χ2v) is 11.4. The van der Waals surface area contributed by atoms with Crippen LogP contribution in [0.5, 0.6) is 5.75 Å². The number of carbonyl (C=O) groups excluding carboxylic acids is 3. The monoisotopic (exact) mass is 627 g/mol. The van der Waals surface area contributed by atoms with Crippen molar-refractivity contribution in [3.05, 3.63) is 102 Å². The maximum absolute atomic E-state index is 14.3. The Morgan fingerprint density at radius 1 is 1.09 bits per heavy atom. The van der Waals surface area contributed by atoms with E-state index in [9.17, 15) is 24.6 Å². The number of nitrogens with zero attached hydrogens (tertiary/aromatic N) is 4. The molecular formula is C34H41N7O5. The number of aliphatic hydroxyl groups excluding tert-OH is 1. The van der Waals surface area contributed by atoms with Crippen LogP contribution in [0, 0.1) is 0 Å². The average molecular weight is 628 g/mol.